The lowest BCUT2D eigenvalue weighted by Crippen LogP contribution is -1.93. The highest BCUT2D eigenvalue weighted by Gasteiger charge is 1.85. The van der Waals surface area contributed by atoms with Crippen molar-refractivity contribution in [3.63, 3.8) is 0 Å². The average molecular weight is 189 g/mol. The van der Waals surface area contributed by atoms with Crippen molar-refractivity contribution < 1.29 is 4.74 Å². The van der Waals surface area contributed by atoms with Crippen LogP contribution in [0.1, 0.15) is 52.9 Å². The molecule has 0 aliphatic carbocycles. The Kier molecular flexibility index (Phi) is 21.2. The Hall–Kier alpha value is -0.0800. The first kappa shape index (κ1) is 15.4. The molecule has 0 saturated carbocycles. The summed E-state index contributed by atoms with van der Waals surface area (Å²) in [6.07, 6.45) is 6.33. The number of nitrogens with two attached hydrogens (primary N) is 1. The van der Waals surface area contributed by atoms with Crippen LogP contribution in [0.5, 0.6) is 0 Å². The Bertz CT molecular complexity index is 59.1. The SMILES string of the molecule is CCCCCCOCC.CCCN. The molecule has 0 saturated heterocycles. The molecule has 0 radical (unpaired) electrons. The van der Waals surface area contributed by atoms with Crippen LogP contribution < -0.4 is 5.73 Å². The van der Waals surface area contributed by atoms with Gasteiger partial charge in [0.15, 0.2) is 0 Å². The van der Waals surface area contributed by atoms with E-state index in [0.29, 0.717) is 0 Å². The van der Waals surface area contributed by atoms with Gasteiger partial charge in [0, 0.05) is 13.2 Å². The number of unbranched alkanes of at least 4 members (excludes halogenated alkanes) is 3. The average Bonchev–Trinajstić information content (AvgIpc) is 2.18. The van der Waals surface area contributed by atoms with E-state index in [9.17, 15) is 0 Å². The number of ether oxygens (including phenoxy) is 1. The van der Waals surface area contributed by atoms with Crippen LogP contribution >= 0.6 is 0 Å². The first-order valence-electron chi connectivity index (χ1n) is 5.61. The normalized spacial score (nSPS) is 9.23. The van der Waals surface area contributed by atoms with Crippen LogP contribution in [0.2, 0.25) is 0 Å². The number of hydrogen-bond donors (Lipinski definition) is 1. The molecule has 82 valence electrons. The predicted octanol–water partition coefficient (Wildman–Crippen LogP) is 2.96. The zero-order valence-corrected chi connectivity index (χ0v) is 9.64. The van der Waals surface area contributed by atoms with Gasteiger partial charge in [-0.15, -0.1) is 0 Å². The molecule has 0 aliphatic rings. The monoisotopic (exact) mass is 189 g/mol. The maximum atomic E-state index is 5.18. The van der Waals surface area contributed by atoms with Gasteiger partial charge in [-0.05, 0) is 26.3 Å². The molecule has 0 unspecified atom stereocenters. The van der Waals surface area contributed by atoms with Crippen molar-refractivity contribution in [2.24, 2.45) is 5.73 Å². The van der Waals surface area contributed by atoms with Crippen molar-refractivity contribution in [3.05, 3.63) is 0 Å². The summed E-state index contributed by atoms with van der Waals surface area (Å²) in [5, 5.41) is 0. The van der Waals surface area contributed by atoms with Crippen molar-refractivity contribution in [2.45, 2.75) is 52.9 Å². The van der Waals surface area contributed by atoms with E-state index in [0.717, 1.165) is 26.2 Å². The summed E-state index contributed by atoms with van der Waals surface area (Å²) in [5.41, 5.74) is 5.03. The molecule has 2 nitrogen and oxygen atoms in total. The molecule has 0 aromatic carbocycles. The van der Waals surface area contributed by atoms with Crippen LogP contribution in [0.3, 0.4) is 0 Å². The lowest BCUT2D eigenvalue weighted by Gasteiger charge is -1.98. The quantitative estimate of drug-likeness (QED) is 0.625. The standard InChI is InChI=1S/C8H18O.C3H9N/c1-3-5-6-7-8-9-4-2;1-2-3-4/h3-8H2,1-2H3;2-4H2,1H3. The summed E-state index contributed by atoms with van der Waals surface area (Å²) in [7, 11) is 0. The molecule has 0 atom stereocenters. The van der Waals surface area contributed by atoms with Gasteiger partial charge in [0.1, 0.15) is 0 Å². The first-order valence-corrected chi connectivity index (χ1v) is 5.61. The summed E-state index contributed by atoms with van der Waals surface area (Å²) in [4.78, 5) is 0. The van der Waals surface area contributed by atoms with Crippen LogP contribution in [0.4, 0.5) is 0 Å². The first-order chi connectivity index (χ1) is 6.33. The highest BCUT2D eigenvalue weighted by molar-refractivity contribution is 4.37. The van der Waals surface area contributed by atoms with Gasteiger partial charge in [0.2, 0.25) is 0 Å². The maximum Gasteiger partial charge on any atom is 0.0465 e. The molecule has 0 spiro atoms. The third-order valence-electron chi connectivity index (χ3n) is 1.64. The van der Waals surface area contributed by atoms with Crippen molar-refractivity contribution in [1.29, 1.82) is 0 Å². The van der Waals surface area contributed by atoms with Crippen LogP contribution in [0.15, 0.2) is 0 Å². The fourth-order valence-electron chi connectivity index (χ4n) is 0.775. The summed E-state index contributed by atoms with van der Waals surface area (Å²) < 4.78 is 5.18. The highest BCUT2D eigenvalue weighted by atomic mass is 16.5. The van der Waals surface area contributed by atoms with Crippen LogP contribution in [-0.4, -0.2) is 19.8 Å². The minimum absolute atomic E-state index is 0.819. The molecule has 0 aromatic rings. The molecule has 0 bridgehead atoms. The summed E-state index contributed by atoms with van der Waals surface area (Å²) in [6, 6.07) is 0. The van der Waals surface area contributed by atoms with Crippen molar-refractivity contribution in [1.82, 2.24) is 0 Å². The zero-order valence-electron chi connectivity index (χ0n) is 9.64. The third kappa shape index (κ3) is 24.5. The molecule has 0 rings (SSSR count). The predicted molar refractivity (Wildman–Crippen MR) is 60.0 cm³/mol. The highest BCUT2D eigenvalue weighted by Crippen LogP contribution is 1.98. The van der Waals surface area contributed by atoms with Gasteiger partial charge >= 0.3 is 0 Å². The molecule has 2 N–H and O–H groups in total. The fraction of sp³-hybridized carbons (Fsp3) is 1.00. The minimum Gasteiger partial charge on any atom is -0.382 e. The van der Waals surface area contributed by atoms with E-state index in [1.807, 2.05) is 6.92 Å². The van der Waals surface area contributed by atoms with Gasteiger partial charge in [-0.2, -0.15) is 0 Å². The van der Waals surface area contributed by atoms with E-state index >= 15 is 0 Å². The van der Waals surface area contributed by atoms with Gasteiger partial charge in [-0.1, -0.05) is 33.1 Å². The molecule has 0 fully saturated rings. The summed E-state index contributed by atoms with van der Waals surface area (Å²) in [5.74, 6) is 0. The molecule has 0 amide bonds. The minimum atomic E-state index is 0.819. The maximum absolute atomic E-state index is 5.18. The summed E-state index contributed by atoms with van der Waals surface area (Å²) >= 11 is 0. The Morgan fingerprint density at radius 3 is 1.92 bits per heavy atom. The van der Waals surface area contributed by atoms with E-state index in [1.165, 1.54) is 25.7 Å². The van der Waals surface area contributed by atoms with Gasteiger partial charge in [-0.25, -0.2) is 0 Å². The van der Waals surface area contributed by atoms with Crippen molar-refractivity contribution >= 4 is 0 Å². The van der Waals surface area contributed by atoms with E-state index in [2.05, 4.69) is 13.8 Å². The molecule has 0 aromatic heterocycles. The van der Waals surface area contributed by atoms with Crippen molar-refractivity contribution in [3.8, 4) is 0 Å². The van der Waals surface area contributed by atoms with Gasteiger partial charge in [0.05, 0.1) is 0 Å². The second kappa shape index (κ2) is 17.9. The Morgan fingerprint density at radius 2 is 1.54 bits per heavy atom. The van der Waals surface area contributed by atoms with E-state index < -0.39 is 0 Å². The van der Waals surface area contributed by atoms with E-state index in [1.54, 1.807) is 0 Å². The van der Waals surface area contributed by atoms with E-state index in [4.69, 9.17) is 10.5 Å². The van der Waals surface area contributed by atoms with Crippen LogP contribution in [-0.2, 0) is 4.74 Å². The fourth-order valence-corrected chi connectivity index (χ4v) is 0.775. The Morgan fingerprint density at radius 1 is 0.923 bits per heavy atom. The third-order valence-corrected chi connectivity index (χ3v) is 1.64. The molecular formula is C11H27NO. The Labute approximate surface area is 83.8 Å². The molecule has 13 heavy (non-hydrogen) atoms. The van der Waals surface area contributed by atoms with Gasteiger partial charge in [-0.3, -0.25) is 0 Å². The second-order valence-electron chi connectivity index (χ2n) is 3.05. The smallest absolute Gasteiger partial charge is 0.0465 e. The molecular weight excluding hydrogens is 162 g/mol. The molecule has 0 heterocycles. The lowest BCUT2D eigenvalue weighted by molar-refractivity contribution is 0.143. The molecule has 0 aliphatic heterocycles. The van der Waals surface area contributed by atoms with Crippen molar-refractivity contribution in [2.75, 3.05) is 19.8 Å². The lowest BCUT2D eigenvalue weighted by atomic mass is 10.2. The topological polar surface area (TPSA) is 35.2 Å². The second-order valence-corrected chi connectivity index (χ2v) is 3.05. The number of hydrogen-bond acceptors (Lipinski definition) is 2. The number of rotatable bonds is 7. The Balaban J connectivity index is 0. The van der Waals surface area contributed by atoms with Crippen LogP contribution in [0, 0.1) is 0 Å². The van der Waals surface area contributed by atoms with Gasteiger partial charge < -0.3 is 10.5 Å². The zero-order chi connectivity index (χ0) is 10.4. The largest absolute Gasteiger partial charge is 0.382 e. The summed E-state index contributed by atoms with van der Waals surface area (Å²) in [6.45, 7) is 8.96. The van der Waals surface area contributed by atoms with Gasteiger partial charge in [0.25, 0.3) is 0 Å². The van der Waals surface area contributed by atoms with Crippen LogP contribution in [0.25, 0.3) is 0 Å². The molecule has 2 heteroatoms. The van der Waals surface area contributed by atoms with E-state index in [-0.39, 0.29) is 0 Å².